The van der Waals surface area contributed by atoms with E-state index in [2.05, 4.69) is 34.3 Å². The summed E-state index contributed by atoms with van der Waals surface area (Å²) in [6.07, 6.45) is 4.39. The number of fused-ring (bicyclic) bond motifs is 1. The highest BCUT2D eigenvalue weighted by Crippen LogP contribution is 2.30. The van der Waals surface area contributed by atoms with Crippen LogP contribution in [0, 0.1) is 0 Å². The molecule has 3 N–H and O–H groups in total. The molecule has 1 aliphatic carbocycles. The van der Waals surface area contributed by atoms with Crippen molar-refractivity contribution < 1.29 is 4.79 Å². The fraction of sp³-hybridized carbons (Fsp3) is 0.421. The van der Waals surface area contributed by atoms with Gasteiger partial charge in [-0.3, -0.25) is 14.5 Å². The number of H-pyrrole nitrogens is 2. The first-order chi connectivity index (χ1) is 12.5. The van der Waals surface area contributed by atoms with E-state index in [1.54, 1.807) is 12.1 Å². The van der Waals surface area contributed by atoms with E-state index in [-0.39, 0.29) is 17.6 Å². The maximum absolute atomic E-state index is 12.5. The number of rotatable bonds is 4. The second kappa shape index (κ2) is 6.48. The molecule has 136 valence electrons. The lowest BCUT2D eigenvalue weighted by Gasteiger charge is -2.11. The van der Waals surface area contributed by atoms with E-state index >= 15 is 0 Å². The highest BCUT2D eigenvalue weighted by atomic mass is 16.2. The number of carbonyl (C=O) groups excluding carboxylic acids is 1. The molecule has 2 heterocycles. The molecule has 0 radical (unpaired) electrons. The Balaban J connectivity index is 1.60. The van der Waals surface area contributed by atoms with Crippen molar-refractivity contribution in [1.82, 2.24) is 19.7 Å². The number of carbonyl (C=O) groups is 1. The summed E-state index contributed by atoms with van der Waals surface area (Å²) in [5.41, 5.74) is 2.92. The summed E-state index contributed by atoms with van der Waals surface area (Å²) in [7, 11) is 0. The zero-order chi connectivity index (χ0) is 18.3. The van der Waals surface area contributed by atoms with Crippen molar-refractivity contribution in [3.63, 3.8) is 0 Å². The number of hydrogen-bond acceptors (Lipinski definition) is 3. The van der Waals surface area contributed by atoms with Crippen molar-refractivity contribution in [3.8, 4) is 0 Å². The third-order valence-corrected chi connectivity index (χ3v) is 5.13. The van der Waals surface area contributed by atoms with Crippen molar-refractivity contribution in [1.29, 1.82) is 0 Å². The van der Waals surface area contributed by atoms with Gasteiger partial charge in [0.1, 0.15) is 0 Å². The average molecular weight is 353 g/mol. The molecule has 0 spiro atoms. The summed E-state index contributed by atoms with van der Waals surface area (Å²) in [5.74, 6) is 0.559. The smallest absolute Gasteiger partial charge is 0.306 e. The SMILES string of the molecule is CC(C)c1cc(NC(=O)c2ccc3c(c2)[nH]c(=O)n3C2CCCC2)n[nH]1. The third-order valence-electron chi connectivity index (χ3n) is 5.13. The van der Waals surface area contributed by atoms with Crippen LogP contribution in [0.25, 0.3) is 11.0 Å². The molecule has 1 fully saturated rings. The molecular formula is C19H23N5O2. The Kier molecular flexibility index (Phi) is 4.14. The lowest BCUT2D eigenvalue weighted by molar-refractivity contribution is 0.102. The molecule has 1 saturated carbocycles. The van der Waals surface area contributed by atoms with Crippen LogP contribution in [0.4, 0.5) is 5.82 Å². The van der Waals surface area contributed by atoms with Crippen molar-refractivity contribution in [3.05, 3.63) is 46.0 Å². The van der Waals surface area contributed by atoms with E-state index in [4.69, 9.17) is 0 Å². The molecule has 0 aliphatic heterocycles. The Labute approximate surface area is 150 Å². The van der Waals surface area contributed by atoms with Gasteiger partial charge in [-0.15, -0.1) is 0 Å². The van der Waals surface area contributed by atoms with Gasteiger partial charge in [0.2, 0.25) is 0 Å². The topological polar surface area (TPSA) is 95.6 Å². The predicted octanol–water partition coefficient (Wildman–Crippen LogP) is 3.54. The summed E-state index contributed by atoms with van der Waals surface area (Å²) >= 11 is 0. The first kappa shape index (κ1) is 16.6. The number of benzene rings is 1. The quantitative estimate of drug-likeness (QED) is 0.669. The summed E-state index contributed by atoms with van der Waals surface area (Å²) in [5, 5.41) is 9.83. The summed E-state index contributed by atoms with van der Waals surface area (Å²) in [6.45, 7) is 4.11. The highest BCUT2D eigenvalue weighted by molar-refractivity contribution is 6.05. The van der Waals surface area contributed by atoms with Crippen LogP contribution in [0.5, 0.6) is 0 Å². The number of aromatic nitrogens is 4. The summed E-state index contributed by atoms with van der Waals surface area (Å²) in [6, 6.07) is 7.43. The number of amides is 1. The van der Waals surface area contributed by atoms with Gasteiger partial charge in [0.15, 0.2) is 5.82 Å². The predicted molar refractivity (Wildman–Crippen MR) is 101 cm³/mol. The minimum Gasteiger partial charge on any atom is -0.306 e. The van der Waals surface area contributed by atoms with E-state index in [1.807, 2.05) is 16.7 Å². The van der Waals surface area contributed by atoms with Gasteiger partial charge in [-0.2, -0.15) is 5.10 Å². The van der Waals surface area contributed by atoms with Gasteiger partial charge in [0.05, 0.1) is 11.0 Å². The lowest BCUT2D eigenvalue weighted by Crippen LogP contribution is -2.20. The molecule has 0 unspecified atom stereocenters. The Morgan fingerprint density at radius 1 is 1.27 bits per heavy atom. The number of hydrogen-bond donors (Lipinski definition) is 3. The maximum atomic E-state index is 12.5. The number of aromatic amines is 2. The standard InChI is InChI=1S/C19H23N5O2/c1-11(2)14-10-17(23-22-14)21-18(25)12-7-8-16-15(9-12)20-19(26)24(16)13-5-3-4-6-13/h7-11,13H,3-6H2,1-2H3,(H,20,26)(H2,21,22,23,25). The molecule has 1 aliphatic rings. The third kappa shape index (κ3) is 2.94. The normalized spacial score (nSPS) is 15.2. The van der Waals surface area contributed by atoms with Gasteiger partial charge < -0.3 is 10.3 Å². The highest BCUT2D eigenvalue weighted by Gasteiger charge is 2.21. The average Bonchev–Trinajstić information content (AvgIpc) is 3.32. The van der Waals surface area contributed by atoms with Gasteiger partial charge in [-0.05, 0) is 37.0 Å². The minimum absolute atomic E-state index is 0.0988. The monoisotopic (exact) mass is 353 g/mol. The van der Waals surface area contributed by atoms with Crippen LogP contribution < -0.4 is 11.0 Å². The largest absolute Gasteiger partial charge is 0.326 e. The Morgan fingerprint density at radius 2 is 2.04 bits per heavy atom. The van der Waals surface area contributed by atoms with E-state index < -0.39 is 0 Å². The van der Waals surface area contributed by atoms with Crippen molar-refractivity contribution in [2.45, 2.75) is 51.5 Å². The van der Waals surface area contributed by atoms with Crippen LogP contribution in [0.15, 0.2) is 29.1 Å². The van der Waals surface area contributed by atoms with Crippen LogP contribution in [0.1, 0.15) is 67.5 Å². The van der Waals surface area contributed by atoms with Crippen LogP contribution in [0.3, 0.4) is 0 Å². The van der Waals surface area contributed by atoms with E-state index in [0.717, 1.165) is 36.9 Å². The molecule has 1 aromatic carbocycles. The van der Waals surface area contributed by atoms with Gasteiger partial charge in [-0.25, -0.2) is 4.79 Å². The summed E-state index contributed by atoms with van der Waals surface area (Å²) < 4.78 is 1.84. The number of anilines is 1. The Hall–Kier alpha value is -2.83. The minimum atomic E-state index is -0.247. The van der Waals surface area contributed by atoms with Gasteiger partial charge in [-0.1, -0.05) is 26.7 Å². The molecular weight excluding hydrogens is 330 g/mol. The molecule has 2 aromatic heterocycles. The van der Waals surface area contributed by atoms with Crippen LogP contribution >= 0.6 is 0 Å². The summed E-state index contributed by atoms with van der Waals surface area (Å²) in [4.78, 5) is 27.8. The Morgan fingerprint density at radius 3 is 2.73 bits per heavy atom. The molecule has 0 atom stereocenters. The maximum Gasteiger partial charge on any atom is 0.326 e. The van der Waals surface area contributed by atoms with Crippen molar-refractivity contribution in [2.75, 3.05) is 5.32 Å². The number of imidazole rings is 1. The van der Waals surface area contributed by atoms with Crippen LogP contribution in [-0.4, -0.2) is 25.7 Å². The van der Waals surface area contributed by atoms with E-state index in [9.17, 15) is 9.59 Å². The lowest BCUT2D eigenvalue weighted by atomic mass is 10.1. The molecule has 7 heteroatoms. The fourth-order valence-corrected chi connectivity index (χ4v) is 3.68. The molecule has 4 rings (SSSR count). The van der Waals surface area contributed by atoms with E-state index in [1.165, 1.54) is 0 Å². The Bertz CT molecular complexity index is 1000. The van der Waals surface area contributed by atoms with Crippen LogP contribution in [-0.2, 0) is 0 Å². The first-order valence-electron chi connectivity index (χ1n) is 9.14. The second-order valence-electron chi connectivity index (χ2n) is 7.29. The van der Waals surface area contributed by atoms with Crippen molar-refractivity contribution in [2.24, 2.45) is 0 Å². The van der Waals surface area contributed by atoms with E-state index in [0.29, 0.717) is 22.8 Å². The number of nitrogens with one attached hydrogen (secondary N) is 3. The van der Waals surface area contributed by atoms with Gasteiger partial charge in [0, 0.05) is 23.4 Å². The van der Waals surface area contributed by atoms with Crippen molar-refractivity contribution >= 4 is 22.8 Å². The first-order valence-corrected chi connectivity index (χ1v) is 9.14. The second-order valence-corrected chi connectivity index (χ2v) is 7.29. The molecule has 0 bridgehead atoms. The zero-order valence-corrected chi connectivity index (χ0v) is 15.0. The van der Waals surface area contributed by atoms with Crippen LogP contribution in [0.2, 0.25) is 0 Å². The van der Waals surface area contributed by atoms with Gasteiger partial charge in [0.25, 0.3) is 5.91 Å². The molecule has 0 saturated heterocycles. The van der Waals surface area contributed by atoms with Gasteiger partial charge >= 0.3 is 5.69 Å². The fourth-order valence-electron chi connectivity index (χ4n) is 3.68. The number of nitrogens with zero attached hydrogens (tertiary/aromatic N) is 2. The molecule has 26 heavy (non-hydrogen) atoms. The molecule has 3 aromatic rings. The molecule has 7 nitrogen and oxygen atoms in total. The zero-order valence-electron chi connectivity index (χ0n) is 15.0. The molecule has 1 amide bonds.